The fourth-order valence-corrected chi connectivity index (χ4v) is 4.21. The van der Waals surface area contributed by atoms with Gasteiger partial charge >= 0.3 is 0 Å². The van der Waals surface area contributed by atoms with E-state index in [4.69, 9.17) is 4.74 Å². The summed E-state index contributed by atoms with van der Waals surface area (Å²) in [7, 11) is 0. The van der Waals surface area contributed by atoms with Gasteiger partial charge in [-0.2, -0.15) is 0 Å². The largest absolute Gasteiger partial charge is 0.379 e. The number of aromatic nitrogens is 2. The highest BCUT2D eigenvalue weighted by Gasteiger charge is 2.16. The summed E-state index contributed by atoms with van der Waals surface area (Å²) in [4.78, 5) is 23.5. The standard InChI is InChI=1S/C22H31N5O2/c28-21(15-27-10-12-29-13-11-27)25-18-8-9-20-19(14-18)22(24-16-23-20)26-17-6-4-2-1-3-5-7-17/h8-9,14,16-17H,1-7,10-13,15H2,(H,25,28)(H,23,24,26). The smallest absolute Gasteiger partial charge is 0.238 e. The topological polar surface area (TPSA) is 79.4 Å². The lowest BCUT2D eigenvalue weighted by atomic mass is 9.96. The molecule has 7 heteroatoms. The third-order valence-corrected chi connectivity index (χ3v) is 5.84. The average molecular weight is 398 g/mol. The lowest BCUT2D eigenvalue weighted by molar-refractivity contribution is -0.118. The van der Waals surface area contributed by atoms with Gasteiger partial charge in [0.05, 0.1) is 25.3 Å². The molecule has 0 atom stereocenters. The van der Waals surface area contributed by atoms with E-state index in [1.807, 2.05) is 18.2 Å². The highest BCUT2D eigenvalue weighted by Crippen LogP contribution is 2.26. The molecule has 1 saturated carbocycles. The predicted molar refractivity (Wildman–Crippen MR) is 115 cm³/mol. The van der Waals surface area contributed by atoms with Crippen LogP contribution in [-0.4, -0.2) is 59.7 Å². The van der Waals surface area contributed by atoms with E-state index in [1.54, 1.807) is 6.33 Å². The number of amides is 1. The van der Waals surface area contributed by atoms with Crippen LogP contribution in [0.15, 0.2) is 24.5 Å². The Labute approximate surface area is 172 Å². The number of benzene rings is 1. The summed E-state index contributed by atoms with van der Waals surface area (Å²) in [6.07, 6.45) is 10.5. The van der Waals surface area contributed by atoms with E-state index < -0.39 is 0 Å². The number of carbonyl (C=O) groups is 1. The van der Waals surface area contributed by atoms with Crippen molar-refractivity contribution >= 4 is 28.3 Å². The molecule has 2 fully saturated rings. The van der Waals surface area contributed by atoms with Crippen LogP contribution in [0, 0.1) is 0 Å². The molecule has 1 amide bonds. The highest BCUT2D eigenvalue weighted by atomic mass is 16.5. The van der Waals surface area contributed by atoms with E-state index >= 15 is 0 Å². The SMILES string of the molecule is O=C(CN1CCOCC1)Nc1ccc2ncnc(NC3CCCCCCC3)c2c1. The molecule has 1 aromatic carbocycles. The molecule has 0 radical (unpaired) electrons. The maximum Gasteiger partial charge on any atom is 0.238 e. The van der Waals surface area contributed by atoms with E-state index in [2.05, 4.69) is 25.5 Å². The Balaban J connectivity index is 1.45. The second kappa shape index (κ2) is 9.98. The van der Waals surface area contributed by atoms with Gasteiger partial charge in [-0.05, 0) is 31.0 Å². The first-order chi connectivity index (χ1) is 14.3. The Bertz CT molecular complexity index is 814. The minimum atomic E-state index is -0.00220. The van der Waals surface area contributed by atoms with E-state index in [1.165, 1.54) is 44.9 Å². The van der Waals surface area contributed by atoms with Crippen molar-refractivity contribution in [2.75, 3.05) is 43.5 Å². The molecular formula is C22H31N5O2. The van der Waals surface area contributed by atoms with Crippen LogP contribution in [0.1, 0.15) is 44.9 Å². The summed E-state index contributed by atoms with van der Waals surface area (Å²) in [5, 5.41) is 7.63. The van der Waals surface area contributed by atoms with Gasteiger partial charge in [0.2, 0.25) is 5.91 Å². The Morgan fingerprint density at radius 1 is 1.07 bits per heavy atom. The summed E-state index contributed by atoms with van der Waals surface area (Å²) in [5.41, 5.74) is 1.67. The number of nitrogens with one attached hydrogen (secondary N) is 2. The molecule has 1 aliphatic carbocycles. The lowest BCUT2D eigenvalue weighted by Gasteiger charge is -2.25. The third kappa shape index (κ3) is 5.64. The van der Waals surface area contributed by atoms with Crippen LogP contribution in [-0.2, 0) is 9.53 Å². The van der Waals surface area contributed by atoms with Crippen molar-refractivity contribution in [2.24, 2.45) is 0 Å². The molecule has 2 heterocycles. The van der Waals surface area contributed by atoms with Gasteiger partial charge in [-0.3, -0.25) is 9.69 Å². The molecule has 29 heavy (non-hydrogen) atoms. The lowest BCUT2D eigenvalue weighted by Crippen LogP contribution is -2.41. The Morgan fingerprint density at radius 3 is 2.62 bits per heavy atom. The molecule has 1 saturated heterocycles. The van der Waals surface area contributed by atoms with Crippen molar-refractivity contribution in [1.82, 2.24) is 14.9 Å². The quantitative estimate of drug-likeness (QED) is 0.805. The first kappa shape index (κ1) is 20.0. The summed E-state index contributed by atoms with van der Waals surface area (Å²) in [5.74, 6) is 0.863. The van der Waals surface area contributed by atoms with Gasteiger partial charge in [-0.25, -0.2) is 9.97 Å². The van der Waals surface area contributed by atoms with Crippen molar-refractivity contribution in [3.05, 3.63) is 24.5 Å². The predicted octanol–water partition coefficient (Wildman–Crippen LogP) is 3.43. The zero-order valence-corrected chi connectivity index (χ0v) is 17.0. The molecule has 2 N–H and O–H groups in total. The second-order valence-electron chi connectivity index (χ2n) is 8.08. The van der Waals surface area contributed by atoms with Crippen LogP contribution in [0.25, 0.3) is 10.9 Å². The molecular weight excluding hydrogens is 366 g/mol. The fraction of sp³-hybridized carbons (Fsp3) is 0.591. The van der Waals surface area contributed by atoms with Crippen LogP contribution < -0.4 is 10.6 Å². The normalized spacial score (nSPS) is 19.4. The van der Waals surface area contributed by atoms with Gasteiger partial charge < -0.3 is 15.4 Å². The Morgan fingerprint density at radius 2 is 1.83 bits per heavy atom. The van der Waals surface area contributed by atoms with Crippen molar-refractivity contribution in [1.29, 1.82) is 0 Å². The van der Waals surface area contributed by atoms with Gasteiger partial charge in [-0.1, -0.05) is 32.1 Å². The minimum absolute atomic E-state index is 0.00220. The molecule has 0 bridgehead atoms. The number of hydrogen-bond acceptors (Lipinski definition) is 6. The Kier molecular flexibility index (Phi) is 6.90. The molecule has 0 spiro atoms. The summed E-state index contributed by atoms with van der Waals surface area (Å²) in [6, 6.07) is 6.29. The first-order valence-electron chi connectivity index (χ1n) is 10.9. The minimum Gasteiger partial charge on any atom is -0.379 e. The summed E-state index contributed by atoms with van der Waals surface area (Å²) in [6.45, 7) is 3.37. The summed E-state index contributed by atoms with van der Waals surface area (Å²) >= 11 is 0. The highest BCUT2D eigenvalue weighted by molar-refractivity contribution is 5.97. The van der Waals surface area contributed by atoms with Crippen LogP contribution in [0.2, 0.25) is 0 Å². The number of nitrogens with zero attached hydrogens (tertiary/aromatic N) is 3. The van der Waals surface area contributed by atoms with E-state index in [-0.39, 0.29) is 5.91 Å². The maximum atomic E-state index is 12.4. The molecule has 7 nitrogen and oxygen atoms in total. The number of hydrogen-bond donors (Lipinski definition) is 2. The van der Waals surface area contributed by atoms with Gasteiger partial charge in [0.1, 0.15) is 12.1 Å². The molecule has 2 aliphatic rings. The van der Waals surface area contributed by atoms with Crippen molar-refractivity contribution in [3.8, 4) is 0 Å². The maximum absolute atomic E-state index is 12.4. The van der Waals surface area contributed by atoms with Crippen molar-refractivity contribution in [2.45, 2.75) is 51.0 Å². The molecule has 2 aromatic rings. The monoisotopic (exact) mass is 397 g/mol. The van der Waals surface area contributed by atoms with Crippen LogP contribution in [0.5, 0.6) is 0 Å². The molecule has 156 valence electrons. The zero-order chi connectivity index (χ0) is 19.9. The van der Waals surface area contributed by atoms with Gasteiger partial charge in [0, 0.05) is 30.2 Å². The van der Waals surface area contributed by atoms with E-state index in [9.17, 15) is 4.79 Å². The van der Waals surface area contributed by atoms with Gasteiger partial charge in [-0.15, -0.1) is 0 Å². The van der Waals surface area contributed by atoms with Gasteiger partial charge in [0.15, 0.2) is 0 Å². The Hall–Kier alpha value is -2.25. The number of morpholine rings is 1. The van der Waals surface area contributed by atoms with Crippen LogP contribution >= 0.6 is 0 Å². The number of rotatable bonds is 5. The number of anilines is 2. The zero-order valence-electron chi connectivity index (χ0n) is 17.0. The van der Waals surface area contributed by atoms with Crippen molar-refractivity contribution in [3.63, 3.8) is 0 Å². The van der Waals surface area contributed by atoms with Crippen molar-refractivity contribution < 1.29 is 9.53 Å². The molecule has 1 aliphatic heterocycles. The number of fused-ring (bicyclic) bond motifs is 1. The van der Waals surface area contributed by atoms with E-state index in [0.717, 1.165) is 35.5 Å². The molecule has 0 unspecified atom stereocenters. The van der Waals surface area contributed by atoms with E-state index in [0.29, 0.717) is 25.8 Å². The second-order valence-corrected chi connectivity index (χ2v) is 8.08. The van der Waals surface area contributed by atoms with Crippen LogP contribution in [0.3, 0.4) is 0 Å². The van der Waals surface area contributed by atoms with Crippen LogP contribution in [0.4, 0.5) is 11.5 Å². The summed E-state index contributed by atoms with van der Waals surface area (Å²) < 4.78 is 5.34. The molecule has 4 rings (SSSR count). The molecule has 1 aromatic heterocycles. The third-order valence-electron chi connectivity index (χ3n) is 5.84. The van der Waals surface area contributed by atoms with Gasteiger partial charge in [0.25, 0.3) is 0 Å². The average Bonchev–Trinajstić information content (AvgIpc) is 2.71. The fourth-order valence-electron chi connectivity index (χ4n) is 4.21. The number of carbonyl (C=O) groups excluding carboxylic acids is 1. The first-order valence-corrected chi connectivity index (χ1v) is 10.9. The number of ether oxygens (including phenoxy) is 1.